The molecule has 1 amide bonds. The minimum Gasteiger partial charge on any atom is -0.394 e. The second-order valence-corrected chi connectivity index (χ2v) is 14.0. The third-order valence-corrected chi connectivity index (χ3v) is 9.13. The maximum atomic E-state index is 12.2. The number of amides is 1. The molecule has 0 spiro atoms. The van der Waals surface area contributed by atoms with Crippen LogP contribution in [0.3, 0.4) is 0 Å². The summed E-state index contributed by atoms with van der Waals surface area (Å²) >= 11 is 0. The monoisotopic (exact) mass is 708 g/mol. The van der Waals surface area contributed by atoms with E-state index < -0.39 is 12.1 Å². The Hall–Kier alpha value is -2.43. The lowest BCUT2D eigenvalue weighted by Crippen LogP contribution is -2.45. The molecular formula is C47H81NO3. The molecule has 0 fully saturated rings. The Kier molecular flexibility index (Phi) is 40.0. The van der Waals surface area contributed by atoms with Gasteiger partial charge in [0.25, 0.3) is 0 Å². The highest BCUT2D eigenvalue weighted by atomic mass is 16.3. The van der Waals surface area contributed by atoms with Gasteiger partial charge in [-0.15, -0.1) is 0 Å². The van der Waals surface area contributed by atoms with Gasteiger partial charge in [0, 0.05) is 6.42 Å². The van der Waals surface area contributed by atoms with E-state index in [9.17, 15) is 15.0 Å². The summed E-state index contributed by atoms with van der Waals surface area (Å²) in [5.74, 6) is -0.0769. The molecule has 0 aliphatic rings. The van der Waals surface area contributed by atoms with E-state index in [0.29, 0.717) is 6.42 Å². The smallest absolute Gasteiger partial charge is 0.220 e. The van der Waals surface area contributed by atoms with Gasteiger partial charge in [0.05, 0.1) is 18.8 Å². The van der Waals surface area contributed by atoms with Crippen molar-refractivity contribution in [1.29, 1.82) is 0 Å². The van der Waals surface area contributed by atoms with E-state index in [1.165, 1.54) is 96.3 Å². The highest BCUT2D eigenvalue weighted by Gasteiger charge is 2.17. The Morgan fingerprint density at radius 2 is 0.863 bits per heavy atom. The van der Waals surface area contributed by atoms with E-state index in [2.05, 4.69) is 92.1 Å². The summed E-state index contributed by atoms with van der Waals surface area (Å²) < 4.78 is 0. The highest BCUT2D eigenvalue weighted by molar-refractivity contribution is 5.76. The van der Waals surface area contributed by atoms with E-state index in [4.69, 9.17) is 0 Å². The van der Waals surface area contributed by atoms with Crippen LogP contribution in [0, 0.1) is 0 Å². The molecule has 0 aliphatic carbocycles. The second-order valence-electron chi connectivity index (χ2n) is 14.0. The fourth-order valence-corrected chi connectivity index (χ4v) is 5.87. The maximum Gasteiger partial charge on any atom is 0.220 e. The predicted octanol–water partition coefficient (Wildman–Crippen LogP) is 13.3. The minimum atomic E-state index is -0.837. The SMILES string of the molecule is CC/C=C\C/C=C\C/C=C\C/C=C\C/C=C\C/C=C\CCCCCCCCCCCCCCCCCCC(=O)NC(CO)C(O)/C=C/CCCC. The van der Waals surface area contributed by atoms with E-state index >= 15 is 0 Å². The van der Waals surface area contributed by atoms with Crippen molar-refractivity contribution >= 4 is 5.91 Å². The lowest BCUT2D eigenvalue weighted by Gasteiger charge is -2.19. The molecule has 0 aliphatic heterocycles. The molecule has 2 atom stereocenters. The standard InChI is InChI=1S/C47H81NO3/c1-3-5-7-9-10-11-12-13-14-15-16-17-18-19-20-21-22-23-24-25-26-27-28-29-30-31-32-33-34-35-36-37-38-39-41-43-47(51)48-45(44-49)46(50)42-40-8-6-4-2/h5,7,10-11,13-14,16-17,19-20,22-23,40,42,45-46,49-50H,3-4,6,8-9,12,15,18,21,24-39,41,43-44H2,1-2H3,(H,48,51)/b7-5-,11-10-,14-13-,17-16-,20-19-,23-22-,42-40+. The van der Waals surface area contributed by atoms with Crippen molar-refractivity contribution in [2.45, 2.75) is 199 Å². The average molecular weight is 708 g/mol. The number of carbonyl (C=O) groups excluding carboxylic acids is 1. The number of rotatable bonds is 37. The van der Waals surface area contributed by atoms with Crippen LogP contribution in [0.25, 0.3) is 0 Å². The van der Waals surface area contributed by atoms with Crippen LogP contribution >= 0.6 is 0 Å². The van der Waals surface area contributed by atoms with Crippen LogP contribution in [0.1, 0.15) is 187 Å². The molecule has 0 aromatic rings. The summed E-state index contributed by atoms with van der Waals surface area (Å²) in [7, 11) is 0. The van der Waals surface area contributed by atoms with Crippen LogP contribution in [0.4, 0.5) is 0 Å². The van der Waals surface area contributed by atoms with E-state index in [0.717, 1.165) is 70.6 Å². The van der Waals surface area contributed by atoms with Crippen LogP contribution in [0.2, 0.25) is 0 Å². The molecule has 0 aromatic heterocycles. The van der Waals surface area contributed by atoms with Gasteiger partial charge in [-0.25, -0.2) is 0 Å². The molecular weight excluding hydrogens is 627 g/mol. The number of aliphatic hydroxyl groups is 2. The lowest BCUT2D eigenvalue weighted by molar-refractivity contribution is -0.123. The molecule has 0 saturated carbocycles. The number of hydrogen-bond donors (Lipinski definition) is 3. The van der Waals surface area contributed by atoms with Gasteiger partial charge in [-0.05, 0) is 64.2 Å². The normalized spacial score (nSPS) is 13.9. The zero-order valence-corrected chi connectivity index (χ0v) is 33.3. The Balaban J connectivity index is 3.44. The van der Waals surface area contributed by atoms with Crippen LogP contribution in [-0.4, -0.2) is 34.9 Å². The van der Waals surface area contributed by atoms with Crippen molar-refractivity contribution in [2.75, 3.05) is 6.61 Å². The van der Waals surface area contributed by atoms with Crippen molar-refractivity contribution < 1.29 is 15.0 Å². The first-order valence-electron chi connectivity index (χ1n) is 21.3. The first kappa shape index (κ1) is 48.6. The molecule has 4 nitrogen and oxygen atoms in total. The highest BCUT2D eigenvalue weighted by Crippen LogP contribution is 2.15. The number of nitrogens with one attached hydrogen (secondary N) is 1. The molecule has 4 heteroatoms. The van der Waals surface area contributed by atoms with Gasteiger partial charge >= 0.3 is 0 Å². The molecule has 0 radical (unpaired) electrons. The van der Waals surface area contributed by atoms with Gasteiger partial charge in [0.1, 0.15) is 0 Å². The number of carbonyl (C=O) groups is 1. The zero-order chi connectivity index (χ0) is 37.1. The third kappa shape index (κ3) is 38.6. The predicted molar refractivity (Wildman–Crippen MR) is 225 cm³/mol. The third-order valence-electron chi connectivity index (χ3n) is 9.13. The van der Waals surface area contributed by atoms with Crippen LogP contribution < -0.4 is 5.32 Å². The summed E-state index contributed by atoms with van der Waals surface area (Å²) in [6, 6.07) is -0.620. The Bertz CT molecular complexity index is 941. The number of unbranched alkanes of at least 4 members (excludes halogenated alkanes) is 18. The molecule has 2 unspecified atom stereocenters. The van der Waals surface area contributed by atoms with E-state index in [1.807, 2.05) is 6.08 Å². The number of aliphatic hydroxyl groups excluding tert-OH is 2. The van der Waals surface area contributed by atoms with Gasteiger partial charge in [0.2, 0.25) is 5.91 Å². The van der Waals surface area contributed by atoms with Crippen molar-refractivity contribution in [2.24, 2.45) is 0 Å². The molecule has 0 aromatic carbocycles. The van der Waals surface area contributed by atoms with Crippen molar-refractivity contribution in [3.05, 3.63) is 85.1 Å². The van der Waals surface area contributed by atoms with Gasteiger partial charge in [-0.1, -0.05) is 202 Å². The molecule has 292 valence electrons. The summed E-state index contributed by atoms with van der Waals surface area (Å²) in [5, 5.41) is 22.5. The fourth-order valence-electron chi connectivity index (χ4n) is 5.87. The van der Waals surface area contributed by atoms with Crippen molar-refractivity contribution in [3.63, 3.8) is 0 Å². The molecule has 0 heterocycles. The van der Waals surface area contributed by atoms with Gasteiger partial charge in [0.15, 0.2) is 0 Å². The molecule has 0 saturated heterocycles. The quantitative estimate of drug-likeness (QED) is 0.0445. The Labute approximate surface area is 316 Å². The first-order chi connectivity index (χ1) is 25.2. The second kappa shape index (κ2) is 42.0. The summed E-state index contributed by atoms with van der Waals surface area (Å²) in [5.41, 5.74) is 0. The fraction of sp³-hybridized carbons (Fsp3) is 0.681. The van der Waals surface area contributed by atoms with Crippen molar-refractivity contribution in [3.8, 4) is 0 Å². The van der Waals surface area contributed by atoms with E-state index in [-0.39, 0.29) is 12.5 Å². The van der Waals surface area contributed by atoms with E-state index in [1.54, 1.807) is 6.08 Å². The lowest BCUT2D eigenvalue weighted by atomic mass is 10.0. The minimum absolute atomic E-state index is 0.0769. The Morgan fingerprint density at radius 3 is 1.27 bits per heavy atom. The van der Waals surface area contributed by atoms with Gasteiger partial charge < -0.3 is 15.5 Å². The first-order valence-corrected chi connectivity index (χ1v) is 21.3. The number of hydrogen-bond acceptors (Lipinski definition) is 3. The average Bonchev–Trinajstić information content (AvgIpc) is 3.13. The largest absolute Gasteiger partial charge is 0.394 e. The molecule has 0 bridgehead atoms. The van der Waals surface area contributed by atoms with Crippen LogP contribution in [0.5, 0.6) is 0 Å². The summed E-state index contributed by atoms with van der Waals surface area (Å²) in [6.45, 7) is 4.04. The topological polar surface area (TPSA) is 69.6 Å². The molecule has 51 heavy (non-hydrogen) atoms. The van der Waals surface area contributed by atoms with Gasteiger partial charge in [-0.3, -0.25) is 4.79 Å². The maximum absolute atomic E-state index is 12.2. The Morgan fingerprint density at radius 1 is 0.490 bits per heavy atom. The van der Waals surface area contributed by atoms with Crippen LogP contribution in [-0.2, 0) is 4.79 Å². The number of allylic oxidation sites excluding steroid dienone is 13. The zero-order valence-electron chi connectivity index (χ0n) is 33.3. The summed E-state index contributed by atoms with van der Waals surface area (Å²) in [4.78, 5) is 12.2. The summed E-state index contributed by atoms with van der Waals surface area (Å²) in [6.07, 6.45) is 61.8. The van der Waals surface area contributed by atoms with Crippen LogP contribution in [0.15, 0.2) is 85.1 Å². The van der Waals surface area contributed by atoms with Gasteiger partial charge in [-0.2, -0.15) is 0 Å². The molecule has 0 rings (SSSR count). The van der Waals surface area contributed by atoms with Crippen molar-refractivity contribution in [1.82, 2.24) is 5.32 Å². The molecule has 3 N–H and O–H groups in total.